The van der Waals surface area contributed by atoms with Gasteiger partial charge in [-0.1, -0.05) is 12.1 Å². The second-order valence-corrected chi connectivity index (χ2v) is 5.72. The molecule has 7 nitrogen and oxygen atoms in total. The molecule has 0 saturated carbocycles. The molecule has 3 amide bonds. The summed E-state index contributed by atoms with van der Waals surface area (Å²) < 4.78 is 1.71. The second kappa shape index (κ2) is 7.16. The lowest BCUT2D eigenvalue weighted by atomic mass is 10.1. The number of urea groups is 1. The van der Waals surface area contributed by atoms with Crippen LogP contribution in [0.2, 0.25) is 0 Å². The minimum atomic E-state index is -0.193. The maximum absolute atomic E-state index is 12.5. The Kier molecular flexibility index (Phi) is 4.79. The van der Waals surface area contributed by atoms with Gasteiger partial charge in [-0.15, -0.1) is 0 Å². The molecular weight excluding hydrogens is 306 g/mol. The fourth-order valence-corrected chi connectivity index (χ4v) is 2.86. The first-order valence-corrected chi connectivity index (χ1v) is 8.11. The number of amides is 3. The fraction of sp³-hybridized carbons (Fsp3) is 0.353. The Bertz CT molecular complexity index is 714. The normalized spacial score (nSPS) is 16.9. The molecule has 1 atom stereocenters. The second-order valence-electron chi connectivity index (χ2n) is 5.72. The molecule has 0 spiro atoms. The lowest BCUT2D eigenvalue weighted by Crippen LogP contribution is -2.36. The summed E-state index contributed by atoms with van der Waals surface area (Å²) in [6.07, 6.45) is 4.21. The Morgan fingerprint density at radius 2 is 2.12 bits per heavy atom. The zero-order chi connectivity index (χ0) is 16.9. The number of para-hydroxylation sites is 2. The lowest BCUT2D eigenvalue weighted by Gasteiger charge is -2.18. The summed E-state index contributed by atoms with van der Waals surface area (Å²) in [5.74, 6) is -0.109. The van der Waals surface area contributed by atoms with E-state index in [2.05, 4.69) is 15.7 Å². The summed E-state index contributed by atoms with van der Waals surface area (Å²) >= 11 is 0. The monoisotopic (exact) mass is 327 g/mol. The van der Waals surface area contributed by atoms with Crippen LogP contribution in [0.3, 0.4) is 0 Å². The number of hydrogen-bond donors (Lipinski definition) is 2. The highest BCUT2D eigenvalue weighted by molar-refractivity contribution is 5.92. The third kappa shape index (κ3) is 3.40. The van der Waals surface area contributed by atoms with Crippen molar-refractivity contribution in [3.05, 3.63) is 42.7 Å². The lowest BCUT2D eigenvalue weighted by molar-refractivity contribution is -0.124. The largest absolute Gasteiger partial charge is 0.356 e. The number of nitrogens with zero attached hydrogens (tertiary/aromatic N) is 3. The molecule has 1 fully saturated rings. The molecule has 1 aliphatic heterocycles. The van der Waals surface area contributed by atoms with E-state index in [0.29, 0.717) is 31.7 Å². The molecular formula is C17H21N5O2. The zero-order valence-electron chi connectivity index (χ0n) is 13.6. The van der Waals surface area contributed by atoms with Gasteiger partial charge in [0.25, 0.3) is 0 Å². The van der Waals surface area contributed by atoms with Crippen molar-refractivity contribution in [1.29, 1.82) is 0 Å². The Labute approximate surface area is 140 Å². The predicted octanol–water partition coefficient (Wildman–Crippen LogP) is 1.86. The standard InChI is InChI=1S/C17H21N5O2/c1-2-18-16(23)13-8-11-21(12-13)17(24)20-14-6-3-4-7-15(14)22-10-5-9-19-22/h3-7,9-10,13H,2,8,11-12H2,1H3,(H,18,23)(H,20,24)/t13-/m0/s1. The van der Waals surface area contributed by atoms with Crippen LogP contribution in [-0.4, -0.2) is 46.3 Å². The summed E-state index contributed by atoms with van der Waals surface area (Å²) in [7, 11) is 0. The highest BCUT2D eigenvalue weighted by atomic mass is 16.2. The van der Waals surface area contributed by atoms with Crippen molar-refractivity contribution in [2.45, 2.75) is 13.3 Å². The van der Waals surface area contributed by atoms with Gasteiger partial charge >= 0.3 is 6.03 Å². The third-order valence-electron chi connectivity index (χ3n) is 4.09. The number of rotatable bonds is 4. The smallest absolute Gasteiger partial charge is 0.321 e. The van der Waals surface area contributed by atoms with Crippen LogP contribution in [0.15, 0.2) is 42.7 Å². The molecule has 1 aromatic heterocycles. The zero-order valence-corrected chi connectivity index (χ0v) is 13.6. The Balaban J connectivity index is 1.67. The van der Waals surface area contributed by atoms with Gasteiger partial charge in [-0.2, -0.15) is 5.10 Å². The van der Waals surface area contributed by atoms with E-state index in [9.17, 15) is 9.59 Å². The number of carbonyl (C=O) groups is 2. The van der Waals surface area contributed by atoms with Crippen molar-refractivity contribution < 1.29 is 9.59 Å². The molecule has 0 aliphatic carbocycles. The Hall–Kier alpha value is -2.83. The Morgan fingerprint density at radius 3 is 2.88 bits per heavy atom. The summed E-state index contributed by atoms with van der Waals surface area (Å²) in [5.41, 5.74) is 1.49. The number of likely N-dealkylation sites (tertiary alicyclic amines) is 1. The molecule has 1 saturated heterocycles. The summed E-state index contributed by atoms with van der Waals surface area (Å²) in [5, 5.41) is 9.95. The van der Waals surface area contributed by atoms with E-state index in [1.54, 1.807) is 15.8 Å². The first kappa shape index (κ1) is 16.0. The van der Waals surface area contributed by atoms with Crippen molar-refractivity contribution >= 4 is 17.6 Å². The third-order valence-corrected chi connectivity index (χ3v) is 4.09. The van der Waals surface area contributed by atoms with Crippen LogP contribution in [0.5, 0.6) is 0 Å². The number of nitrogens with one attached hydrogen (secondary N) is 2. The highest BCUT2D eigenvalue weighted by Crippen LogP contribution is 2.22. The number of benzene rings is 1. The van der Waals surface area contributed by atoms with E-state index in [-0.39, 0.29) is 17.9 Å². The Morgan fingerprint density at radius 1 is 1.29 bits per heavy atom. The van der Waals surface area contributed by atoms with Gasteiger partial charge < -0.3 is 15.5 Å². The van der Waals surface area contributed by atoms with Crippen LogP contribution in [0.25, 0.3) is 5.69 Å². The van der Waals surface area contributed by atoms with E-state index in [4.69, 9.17) is 0 Å². The molecule has 126 valence electrons. The van der Waals surface area contributed by atoms with Gasteiger partial charge in [-0.25, -0.2) is 9.48 Å². The molecule has 2 heterocycles. The average molecular weight is 327 g/mol. The van der Waals surface area contributed by atoms with Crippen LogP contribution in [-0.2, 0) is 4.79 Å². The molecule has 1 aliphatic rings. The first-order valence-electron chi connectivity index (χ1n) is 8.11. The quantitative estimate of drug-likeness (QED) is 0.899. The van der Waals surface area contributed by atoms with Crippen molar-refractivity contribution in [3.8, 4) is 5.69 Å². The number of aromatic nitrogens is 2. The van der Waals surface area contributed by atoms with Crippen LogP contribution >= 0.6 is 0 Å². The van der Waals surface area contributed by atoms with Crippen molar-refractivity contribution in [3.63, 3.8) is 0 Å². The maximum atomic E-state index is 12.5. The molecule has 24 heavy (non-hydrogen) atoms. The molecule has 7 heteroatoms. The van der Waals surface area contributed by atoms with Crippen LogP contribution in [0.4, 0.5) is 10.5 Å². The van der Waals surface area contributed by atoms with Gasteiger partial charge in [0, 0.05) is 32.0 Å². The average Bonchev–Trinajstić information content (AvgIpc) is 3.27. The van der Waals surface area contributed by atoms with Gasteiger partial charge in [0.2, 0.25) is 5.91 Å². The topological polar surface area (TPSA) is 79.3 Å². The number of carbonyl (C=O) groups excluding carboxylic acids is 2. The molecule has 2 N–H and O–H groups in total. The van der Waals surface area contributed by atoms with Crippen LogP contribution in [0.1, 0.15) is 13.3 Å². The molecule has 0 radical (unpaired) electrons. The highest BCUT2D eigenvalue weighted by Gasteiger charge is 2.31. The number of hydrogen-bond acceptors (Lipinski definition) is 3. The predicted molar refractivity (Wildman–Crippen MR) is 90.9 cm³/mol. The van der Waals surface area contributed by atoms with Crippen molar-refractivity contribution in [2.24, 2.45) is 5.92 Å². The van der Waals surface area contributed by atoms with E-state index in [0.717, 1.165) is 5.69 Å². The molecule has 0 bridgehead atoms. The summed E-state index contributed by atoms with van der Waals surface area (Å²) in [6, 6.07) is 9.13. The van der Waals surface area contributed by atoms with Gasteiger partial charge in [0.1, 0.15) is 0 Å². The van der Waals surface area contributed by atoms with E-state index in [1.807, 2.05) is 43.5 Å². The first-order chi connectivity index (χ1) is 11.7. The van der Waals surface area contributed by atoms with E-state index in [1.165, 1.54) is 0 Å². The SMILES string of the molecule is CCNC(=O)[C@H]1CCN(C(=O)Nc2ccccc2-n2cccn2)C1. The van der Waals surface area contributed by atoms with Gasteiger partial charge in [-0.05, 0) is 31.5 Å². The van der Waals surface area contributed by atoms with Gasteiger partial charge in [0.15, 0.2) is 0 Å². The van der Waals surface area contributed by atoms with Crippen LogP contribution in [0, 0.1) is 5.92 Å². The van der Waals surface area contributed by atoms with Gasteiger partial charge in [-0.3, -0.25) is 4.79 Å². The van der Waals surface area contributed by atoms with Crippen molar-refractivity contribution in [2.75, 3.05) is 25.0 Å². The molecule has 2 aromatic rings. The van der Waals surface area contributed by atoms with E-state index >= 15 is 0 Å². The van der Waals surface area contributed by atoms with Crippen molar-refractivity contribution in [1.82, 2.24) is 20.0 Å². The summed E-state index contributed by atoms with van der Waals surface area (Å²) in [4.78, 5) is 26.1. The number of anilines is 1. The molecule has 3 rings (SSSR count). The van der Waals surface area contributed by atoms with Crippen LogP contribution < -0.4 is 10.6 Å². The van der Waals surface area contributed by atoms with E-state index < -0.39 is 0 Å². The minimum absolute atomic E-state index is 0.0183. The minimum Gasteiger partial charge on any atom is -0.356 e. The molecule has 1 aromatic carbocycles. The molecule has 0 unspecified atom stereocenters. The maximum Gasteiger partial charge on any atom is 0.321 e. The van der Waals surface area contributed by atoms with Gasteiger partial charge in [0.05, 0.1) is 17.3 Å². The summed E-state index contributed by atoms with van der Waals surface area (Å²) in [6.45, 7) is 3.53. The fourth-order valence-electron chi connectivity index (χ4n) is 2.86.